The monoisotopic (exact) mass is 332 g/mol. The maximum absolute atomic E-state index is 12.3. The van der Waals surface area contributed by atoms with Gasteiger partial charge in [-0.05, 0) is 50.5 Å². The van der Waals surface area contributed by atoms with Gasteiger partial charge in [-0.2, -0.15) is 0 Å². The number of hydrogen-bond acceptors (Lipinski definition) is 5. The van der Waals surface area contributed by atoms with Crippen molar-refractivity contribution in [2.75, 3.05) is 18.5 Å². The van der Waals surface area contributed by atoms with E-state index in [1.165, 1.54) is 5.56 Å². The second-order valence-corrected chi connectivity index (χ2v) is 7.29. The Hall–Kier alpha value is -2.24. The molecule has 130 valence electrons. The zero-order chi connectivity index (χ0) is 17.3. The van der Waals surface area contributed by atoms with Gasteiger partial charge in [0.05, 0.1) is 6.61 Å². The first-order chi connectivity index (χ1) is 11.3. The number of carbonyl (C=O) groups is 2. The topological polar surface area (TPSA) is 67.9 Å². The molecule has 0 bridgehead atoms. The van der Waals surface area contributed by atoms with Crippen molar-refractivity contribution >= 4 is 17.7 Å². The van der Waals surface area contributed by atoms with Crippen LogP contribution in [0.3, 0.4) is 0 Å². The average Bonchev–Trinajstić information content (AvgIpc) is 2.90. The standard InChI is InChI=1S/C18H24N2O4/c1-18(2,3)24-17(22)20-8-6-12-4-5-14(10-13(12)11-20)19-15-7-9-23-16(15)21/h4-5,10,15,19H,6-9,11H2,1-3H3/t15-/m1/s1. The highest BCUT2D eigenvalue weighted by Gasteiger charge is 2.28. The van der Waals surface area contributed by atoms with Crippen LogP contribution in [-0.2, 0) is 27.2 Å². The molecule has 1 aromatic rings. The van der Waals surface area contributed by atoms with E-state index in [4.69, 9.17) is 9.47 Å². The van der Waals surface area contributed by atoms with Crippen molar-refractivity contribution in [3.63, 3.8) is 0 Å². The van der Waals surface area contributed by atoms with E-state index in [1.54, 1.807) is 4.90 Å². The highest BCUT2D eigenvalue weighted by Crippen LogP contribution is 2.25. The largest absolute Gasteiger partial charge is 0.464 e. The van der Waals surface area contributed by atoms with Gasteiger partial charge in [0.15, 0.2) is 0 Å². The fourth-order valence-corrected chi connectivity index (χ4v) is 2.96. The first-order valence-corrected chi connectivity index (χ1v) is 8.35. The van der Waals surface area contributed by atoms with Gasteiger partial charge in [-0.15, -0.1) is 0 Å². The molecule has 1 fully saturated rings. The van der Waals surface area contributed by atoms with Crippen LogP contribution in [0.4, 0.5) is 10.5 Å². The van der Waals surface area contributed by atoms with Gasteiger partial charge >= 0.3 is 12.1 Å². The molecular weight excluding hydrogens is 308 g/mol. The summed E-state index contributed by atoms with van der Waals surface area (Å²) in [6.45, 7) is 7.24. The van der Waals surface area contributed by atoms with Gasteiger partial charge in [-0.1, -0.05) is 6.07 Å². The first-order valence-electron chi connectivity index (χ1n) is 8.35. The van der Waals surface area contributed by atoms with Crippen molar-refractivity contribution in [2.24, 2.45) is 0 Å². The lowest BCUT2D eigenvalue weighted by atomic mass is 9.99. The van der Waals surface area contributed by atoms with E-state index >= 15 is 0 Å². The summed E-state index contributed by atoms with van der Waals surface area (Å²) in [5.74, 6) is -0.205. The van der Waals surface area contributed by atoms with E-state index in [-0.39, 0.29) is 18.1 Å². The number of nitrogens with one attached hydrogen (secondary N) is 1. The lowest BCUT2D eigenvalue weighted by molar-refractivity contribution is -0.138. The third kappa shape index (κ3) is 3.80. The number of ether oxygens (including phenoxy) is 2. The zero-order valence-corrected chi connectivity index (χ0v) is 14.4. The number of nitrogens with zero attached hydrogens (tertiary/aromatic N) is 1. The van der Waals surface area contributed by atoms with Crippen LogP contribution in [0, 0.1) is 0 Å². The van der Waals surface area contributed by atoms with Crippen LogP contribution in [0.5, 0.6) is 0 Å². The minimum absolute atomic E-state index is 0.205. The van der Waals surface area contributed by atoms with Gasteiger partial charge in [-0.3, -0.25) is 0 Å². The summed E-state index contributed by atoms with van der Waals surface area (Å²) in [7, 11) is 0. The summed E-state index contributed by atoms with van der Waals surface area (Å²) >= 11 is 0. The molecule has 24 heavy (non-hydrogen) atoms. The van der Waals surface area contributed by atoms with Gasteiger partial charge in [0.1, 0.15) is 11.6 Å². The fourth-order valence-electron chi connectivity index (χ4n) is 2.96. The van der Waals surface area contributed by atoms with Crippen molar-refractivity contribution < 1.29 is 19.1 Å². The van der Waals surface area contributed by atoms with Crippen molar-refractivity contribution in [2.45, 2.75) is 51.8 Å². The molecule has 0 radical (unpaired) electrons. The number of hydrogen-bond donors (Lipinski definition) is 1. The molecule has 2 aliphatic rings. The quantitative estimate of drug-likeness (QED) is 0.844. The van der Waals surface area contributed by atoms with Crippen molar-refractivity contribution in [1.82, 2.24) is 4.90 Å². The lowest BCUT2D eigenvalue weighted by Crippen LogP contribution is -2.39. The molecular formula is C18H24N2O4. The van der Waals surface area contributed by atoms with Crippen LogP contribution in [-0.4, -0.2) is 41.8 Å². The van der Waals surface area contributed by atoms with Crippen LogP contribution in [0.2, 0.25) is 0 Å². The van der Waals surface area contributed by atoms with Gasteiger partial charge in [0.25, 0.3) is 0 Å². The molecule has 1 N–H and O–H groups in total. The molecule has 0 aliphatic carbocycles. The number of cyclic esters (lactones) is 1. The molecule has 0 unspecified atom stereocenters. The number of amides is 1. The minimum atomic E-state index is -0.496. The first kappa shape index (κ1) is 16.6. The Bertz CT molecular complexity index is 651. The molecule has 1 aromatic carbocycles. The SMILES string of the molecule is CC(C)(C)OC(=O)N1CCc2ccc(N[C@@H]3CCOC3=O)cc2C1. The number of anilines is 1. The third-order valence-electron chi connectivity index (χ3n) is 4.15. The predicted molar refractivity (Wildman–Crippen MR) is 89.8 cm³/mol. The second-order valence-electron chi connectivity index (χ2n) is 7.29. The molecule has 6 nitrogen and oxygen atoms in total. The average molecular weight is 332 g/mol. The number of carbonyl (C=O) groups excluding carboxylic acids is 2. The summed E-state index contributed by atoms with van der Waals surface area (Å²) < 4.78 is 10.4. The Morgan fingerprint density at radius 1 is 1.33 bits per heavy atom. The second kappa shape index (κ2) is 6.34. The summed E-state index contributed by atoms with van der Waals surface area (Å²) in [6, 6.07) is 5.77. The Labute approximate surface area is 142 Å². The molecule has 0 spiro atoms. The van der Waals surface area contributed by atoms with Crippen LogP contribution < -0.4 is 5.32 Å². The van der Waals surface area contributed by atoms with E-state index in [9.17, 15) is 9.59 Å². The van der Waals surface area contributed by atoms with E-state index in [0.717, 1.165) is 17.7 Å². The molecule has 1 atom stereocenters. The molecule has 6 heteroatoms. The Morgan fingerprint density at radius 2 is 2.12 bits per heavy atom. The van der Waals surface area contributed by atoms with Crippen molar-refractivity contribution in [3.8, 4) is 0 Å². The Kier molecular flexibility index (Phi) is 4.39. The summed E-state index contributed by atoms with van der Waals surface area (Å²) in [5.41, 5.74) is 2.70. The normalized spacial score (nSPS) is 20.4. The molecule has 1 amide bonds. The van der Waals surface area contributed by atoms with E-state index < -0.39 is 5.60 Å². The maximum atomic E-state index is 12.3. The van der Waals surface area contributed by atoms with Crippen LogP contribution in [0.15, 0.2) is 18.2 Å². The smallest absolute Gasteiger partial charge is 0.410 e. The third-order valence-corrected chi connectivity index (χ3v) is 4.15. The molecule has 3 rings (SSSR count). The van der Waals surface area contributed by atoms with Crippen LogP contribution in [0.1, 0.15) is 38.3 Å². The van der Waals surface area contributed by atoms with Gasteiger partial charge in [0, 0.05) is 25.2 Å². The van der Waals surface area contributed by atoms with Crippen LogP contribution >= 0.6 is 0 Å². The molecule has 2 aliphatic heterocycles. The summed E-state index contributed by atoms with van der Waals surface area (Å²) in [6.07, 6.45) is 1.20. The lowest BCUT2D eigenvalue weighted by Gasteiger charge is -2.31. The summed E-state index contributed by atoms with van der Waals surface area (Å²) in [4.78, 5) is 25.6. The maximum Gasteiger partial charge on any atom is 0.410 e. The van der Waals surface area contributed by atoms with Crippen molar-refractivity contribution in [1.29, 1.82) is 0 Å². The molecule has 1 saturated heterocycles. The number of rotatable bonds is 2. The molecule has 2 heterocycles. The van der Waals surface area contributed by atoms with E-state index in [0.29, 0.717) is 26.1 Å². The Balaban J connectivity index is 1.69. The number of benzene rings is 1. The number of esters is 1. The zero-order valence-electron chi connectivity index (χ0n) is 14.4. The highest BCUT2D eigenvalue weighted by atomic mass is 16.6. The van der Waals surface area contributed by atoms with E-state index in [2.05, 4.69) is 11.4 Å². The van der Waals surface area contributed by atoms with E-state index in [1.807, 2.05) is 32.9 Å². The molecule has 0 aromatic heterocycles. The van der Waals surface area contributed by atoms with Crippen molar-refractivity contribution in [3.05, 3.63) is 29.3 Å². The van der Waals surface area contributed by atoms with Gasteiger partial charge in [0.2, 0.25) is 0 Å². The highest BCUT2D eigenvalue weighted by molar-refractivity contribution is 5.81. The Morgan fingerprint density at radius 3 is 2.79 bits per heavy atom. The number of fused-ring (bicyclic) bond motifs is 1. The molecule has 0 saturated carbocycles. The minimum Gasteiger partial charge on any atom is -0.464 e. The van der Waals surface area contributed by atoms with Gasteiger partial charge in [-0.25, -0.2) is 9.59 Å². The van der Waals surface area contributed by atoms with Gasteiger partial charge < -0.3 is 19.7 Å². The van der Waals surface area contributed by atoms with Crippen LogP contribution in [0.25, 0.3) is 0 Å². The predicted octanol–water partition coefficient (Wildman–Crippen LogP) is 2.71. The summed E-state index contributed by atoms with van der Waals surface area (Å²) in [5, 5.41) is 3.21. The fraction of sp³-hybridized carbons (Fsp3) is 0.556.